The standard InChI is InChI=1S/C16H16F2N2O3S/c17-9-4-5-10(11(18)7-9)15(22)19-13-3-1-2-6-20(13)14-12(21)8-24-16(14)23/h4-5,7,13-14H,1-3,6,8H2,(H,19,22). The minimum absolute atomic E-state index is 0.146. The molecule has 2 aliphatic heterocycles. The highest BCUT2D eigenvalue weighted by Gasteiger charge is 2.42. The molecule has 0 aliphatic carbocycles. The molecule has 0 saturated carbocycles. The van der Waals surface area contributed by atoms with Crippen LogP contribution in [0.3, 0.4) is 0 Å². The van der Waals surface area contributed by atoms with Gasteiger partial charge >= 0.3 is 0 Å². The zero-order valence-corrected chi connectivity index (χ0v) is 13.6. The Morgan fingerprint density at radius 2 is 2.04 bits per heavy atom. The minimum atomic E-state index is -0.946. The zero-order valence-electron chi connectivity index (χ0n) is 12.8. The summed E-state index contributed by atoms with van der Waals surface area (Å²) in [6.07, 6.45) is 1.69. The van der Waals surface area contributed by atoms with Crippen molar-refractivity contribution in [3.05, 3.63) is 35.4 Å². The van der Waals surface area contributed by atoms with Crippen LogP contribution < -0.4 is 5.32 Å². The van der Waals surface area contributed by atoms with Crippen LogP contribution in [0.5, 0.6) is 0 Å². The van der Waals surface area contributed by atoms with Crippen LogP contribution in [0.1, 0.15) is 29.6 Å². The average Bonchev–Trinajstić information content (AvgIpc) is 2.87. The van der Waals surface area contributed by atoms with Gasteiger partial charge in [-0.25, -0.2) is 8.78 Å². The van der Waals surface area contributed by atoms with Gasteiger partial charge in [-0.2, -0.15) is 0 Å². The summed E-state index contributed by atoms with van der Waals surface area (Å²) in [4.78, 5) is 37.9. The van der Waals surface area contributed by atoms with Gasteiger partial charge < -0.3 is 5.32 Å². The summed E-state index contributed by atoms with van der Waals surface area (Å²) in [6.45, 7) is 0.513. The van der Waals surface area contributed by atoms with Gasteiger partial charge in [0.15, 0.2) is 5.78 Å². The maximum atomic E-state index is 13.8. The molecular weight excluding hydrogens is 338 g/mol. The number of hydrogen-bond donors (Lipinski definition) is 1. The van der Waals surface area contributed by atoms with Gasteiger partial charge in [0.1, 0.15) is 17.7 Å². The number of rotatable bonds is 3. The number of carbonyl (C=O) groups is 3. The van der Waals surface area contributed by atoms with Crippen molar-refractivity contribution in [3.8, 4) is 0 Å². The first kappa shape index (κ1) is 17.0. The number of hydrogen-bond acceptors (Lipinski definition) is 5. The fourth-order valence-electron chi connectivity index (χ4n) is 3.07. The van der Waals surface area contributed by atoms with Crippen molar-refractivity contribution < 1.29 is 23.2 Å². The maximum absolute atomic E-state index is 13.8. The van der Waals surface area contributed by atoms with E-state index in [9.17, 15) is 23.2 Å². The molecule has 2 aliphatic rings. The molecule has 0 radical (unpaired) electrons. The van der Waals surface area contributed by atoms with E-state index in [1.54, 1.807) is 4.90 Å². The molecule has 24 heavy (non-hydrogen) atoms. The molecule has 0 spiro atoms. The first-order chi connectivity index (χ1) is 11.5. The number of Topliss-reactive ketones (excluding diaryl/α,β-unsaturated/α-hetero) is 1. The van der Waals surface area contributed by atoms with Crippen molar-refractivity contribution in [2.45, 2.75) is 31.5 Å². The van der Waals surface area contributed by atoms with E-state index in [1.165, 1.54) is 0 Å². The Hall–Kier alpha value is -1.80. The van der Waals surface area contributed by atoms with Crippen LogP contribution in [0.2, 0.25) is 0 Å². The molecule has 0 bridgehead atoms. The summed E-state index contributed by atoms with van der Waals surface area (Å²) in [5.74, 6) is -2.41. The Labute approximate surface area is 141 Å². The summed E-state index contributed by atoms with van der Waals surface area (Å²) < 4.78 is 26.7. The van der Waals surface area contributed by atoms with Crippen molar-refractivity contribution in [1.29, 1.82) is 0 Å². The molecule has 8 heteroatoms. The lowest BCUT2D eigenvalue weighted by Crippen LogP contribution is -2.57. The van der Waals surface area contributed by atoms with Gasteiger partial charge in [-0.05, 0) is 31.4 Å². The summed E-state index contributed by atoms with van der Waals surface area (Å²) >= 11 is 0.984. The number of amides is 1. The van der Waals surface area contributed by atoms with Gasteiger partial charge in [-0.1, -0.05) is 11.8 Å². The molecule has 5 nitrogen and oxygen atoms in total. The first-order valence-corrected chi connectivity index (χ1v) is 8.67. The molecule has 128 valence electrons. The van der Waals surface area contributed by atoms with Gasteiger partial charge in [0.2, 0.25) is 5.12 Å². The molecule has 2 unspecified atom stereocenters. The molecule has 0 aromatic heterocycles. The van der Waals surface area contributed by atoms with Crippen molar-refractivity contribution >= 4 is 28.6 Å². The zero-order chi connectivity index (χ0) is 17.3. The van der Waals surface area contributed by atoms with Crippen LogP contribution in [0, 0.1) is 11.6 Å². The fraction of sp³-hybridized carbons (Fsp3) is 0.438. The number of nitrogens with zero attached hydrogens (tertiary/aromatic N) is 1. The van der Waals surface area contributed by atoms with Crippen LogP contribution in [-0.4, -0.2) is 46.2 Å². The van der Waals surface area contributed by atoms with Crippen LogP contribution in [0.25, 0.3) is 0 Å². The van der Waals surface area contributed by atoms with Crippen LogP contribution in [-0.2, 0) is 9.59 Å². The largest absolute Gasteiger partial charge is 0.336 e. The van der Waals surface area contributed by atoms with E-state index < -0.39 is 29.7 Å². The second-order valence-electron chi connectivity index (χ2n) is 5.82. The minimum Gasteiger partial charge on any atom is -0.336 e. The Balaban J connectivity index is 1.77. The summed E-state index contributed by atoms with van der Waals surface area (Å²) in [5, 5.41) is 2.46. The average molecular weight is 354 g/mol. The van der Waals surface area contributed by atoms with Crippen LogP contribution in [0.4, 0.5) is 8.78 Å². The number of ketones is 1. The number of halogens is 2. The van der Waals surface area contributed by atoms with Crippen LogP contribution in [0.15, 0.2) is 18.2 Å². The highest BCUT2D eigenvalue weighted by atomic mass is 32.2. The second-order valence-corrected chi connectivity index (χ2v) is 6.80. The molecule has 2 heterocycles. The molecule has 1 amide bonds. The SMILES string of the molecule is O=C(NC1CCCCN1C1C(=O)CSC1=O)c1ccc(F)cc1F. The van der Waals surface area contributed by atoms with E-state index in [0.29, 0.717) is 19.0 Å². The van der Waals surface area contributed by atoms with E-state index in [-0.39, 0.29) is 22.2 Å². The molecule has 2 atom stereocenters. The van der Waals surface area contributed by atoms with Gasteiger partial charge in [0.05, 0.1) is 17.5 Å². The molecule has 1 aromatic rings. The third kappa shape index (κ3) is 3.34. The molecule has 2 saturated heterocycles. The Morgan fingerprint density at radius 1 is 1.25 bits per heavy atom. The van der Waals surface area contributed by atoms with Gasteiger partial charge in [0, 0.05) is 12.6 Å². The van der Waals surface area contributed by atoms with E-state index in [4.69, 9.17) is 0 Å². The molecule has 1 aromatic carbocycles. The number of thioether (sulfide) groups is 1. The van der Waals surface area contributed by atoms with Gasteiger partial charge in [-0.3, -0.25) is 19.3 Å². The third-order valence-corrected chi connectivity index (χ3v) is 5.17. The Kier molecular flexibility index (Phi) is 4.96. The topological polar surface area (TPSA) is 66.5 Å². The van der Waals surface area contributed by atoms with Crippen molar-refractivity contribution in [2.75, 3.05) is 12.3 Å². The van der Waals surface area contributed by atoms with Gasteiger partial charge in [0.25, 0.3) is 5.91 Å². The number of benzene rings is 1. The smallest absolute Gasteiger partial charge is 0.255 e. The second kappa shape index (κ2) is 6.98. The highest BCUT2D eigenvalue weighted by molar-refractivity contribution is 8.15. The number of carbonyl (C=O) groups excluding carboxylic acids is 3. The lowest BCUT2D eigenvalue weighted by molar-refractivity contribution is -0.129. The van der Waals surface area contributed by atoms with E-state index in [2.05, 4.69) is 5.32 Å². The van der Waals surface area contributed by atoms with E-state index in [0.717, 1.165) is 36.7 Å². The lowest BCUT2D eigenvalue weighted by atomic mass is 10.0. The normalized spacial score (nSPS) is 25.1. The van der Waals surface area contributed by atoms with Gasteiger partial charge in [-0.15, -0.1) is 0 Å². The number of nitrogens with one attached hydrogen (secondary N) is 1. The Morgan fingerprint density at radius 3 is 2.71 bits per heavy atom. The Bertz CT molecular complexity index is 682. The first-order valence-electron chi connectivity index (χ1n) is 7.68. The van der Waals surface area contributed by atoms with Crippen LogP contribution >= 0.6 is 11.8 Å². The predicted molar refractivity (Wildman–Crippen MR) is 84.4 cm³/mol. The van der Waals surface area contributed by atoms with E-state index in [1.807, 2.05) is 0 Å². The molecular formula is C16H16F2N2O3S. The molecule has 2 fully saturated rings. The maximum Gasteiger partial charge on any atom is 0.255 e. The van der Waals surface area contributed by atoms with Crippen molar-refractivity contribution in [1.82, 2.24) is 10.2 Å². The molecule has 3 rings (SSSR count). The summed E-state index contributed by atoms with van der Waals surface area (Å²) in [7, 11) is 0. The fourth-order valence-corrected chi connectivity index (χ4v) is 3.94. The summed E-state index contributed by atoms with van der Waals surface area (Å²) in [5.41, 5.74) is -0.264. The number of likely N-dealkylation sites (tertiary alicyclic amines) is 1. The van der Waals surface area contributed by atoms with E-state index >= 15 is 0 Å². The van der Waals surface area contributed by atoms with Crippen molar-refractivity contribution in [3.63, 3.8) is 0 Å². The number of piperidine rings is 1. The lowest BCUT2D eigenvalue weighted by Gasteiger charge is -2.38. The monoisotopic (exact) mass is 354 g/mol. The molecule has 1 N–H and O–H groups in total. The van der Waals surface area contributed by atoms with Crippen molar-refractivity contribution in [2.24, 2.45) is 0 Å². The quantitative estimate of drug-likeness (QED) is 0.838. The predicted octanol–water partition coefficient (Wildman–Crippen LogP) is 1.72. The highest BCUT2D eigenvalue weighted by Crippen LogP contribution is 2.27. The summed E-state index contributed by atoms with van der Waals surface area (Å²) in [6, 6.07) is 1.89. The third-order valence-electron chi connectivity index (χ3n) is 4.23.